The van der Waals surface area contributed by atoms with Crippen LogP contribution in [0.4, 0.5) is 69.4 Å². The van der Waals surface area contributed by atoms with Crippen LogP contribution in [-0.2, 0) is 9.53 Å². The van der Waals surface area contributed by atoms with Gasteiger partial charge in [0.15, 0.2) is 32.9 Å². The van der Waals surface area contributed by atoms with Crippen LogP contribution in [0.2, 0.25) is 0 Å². The third-order valence-corrected chi connectivity index (χ3v) is 20.5. The van der Waals surface area contributed by atoms with E-state index in [-0.39, 0.29) is 40.7 Å². The van der Waals surface area contributed by atoms with Crippen LogP contribution in [0, 0.1) is 32.6 Å². The molecule has 16 rings (SSSR count). The Bertz CT molecular complexity index is 4890. The Morgan fingerprint density at radius 3 is 1.22 bits per heavy atom. The summed E-state index contributed by atoms with van der Waals surface area (Å²) in [5.41, 5.74) is 6.19. The molecule has 0 unspecified atom stereocenters. The molecule has 0 spiro atoms. The molecule has 0 bridgehead atoms. The predicted octanol–water partition coefficient (Wildman–Crippen LogP) is 16.1. The van der Waals surface area contributed by atoms with Gasteiger partial charge >= 0.3 is 0 Å². The van der Waals surface area contributed by atoms with Crippen molar-refractivity contribution in [2.45, 2.75) is 95.1 Å². The molecule has 3 amide bonds. The largest absolute Gasteiger partial charge is 0.497 e. The molecule has 30 heteroatoms. The van der Waals surface area contributed by atoms with E-state index in [1.54, 1.807) is 62.8 Å². The Labute approximate surface area is 631 Å². The minimum atomic E-state index is -0.195. The maximum absolute atomic E-state index is 12.6. The number of methoxy groups -OCH3 is 3. The number of nitrogens with zero attached hydrogens (tertiary/aromatic N) is 12. The van der Waals surface area contributed by atoms with Gasteiger partial charge in [0.2, 0.25) is 5.91 Å². The number of hydrogen-bond acceptors (Lipinski definition) is 24. The molecule has 554 valence electrons. The molecule has 105 heavy (non-hydrogen) atoms. The fourth-order valence-corrected chi connectivity index (χ4v) is 13.8. The van der Waals surface area contributed by atoms with E-state index in [0.717, 1.165) is 120 Å². The summed E-state index contributed by atoms with van der Waals surface area (Å²) in [6.07, 6.45) is 6.80. The quantitative estimate of drug-likeness (QED) is 0.0240. The third kappa shape index (κ3) is 18.6. The standard InChI is InChI=1S/C25H29N7O2S.2C25H25N7O2S.8H2/c1-15-11-21(31-30-15)27-20-12-22(32-13-25(14-32,34-2)17-5-6-17)29-24(28-20)35-19-9-7-18(8-10-19)26-23(33)16-3-4-16;1-16-14-22(31-30-16)27-21-15-23(32-12-3-13-32)29-25(28-21)35-20-10-6-18(7-11-20)26-24(33)17-4-8-19(34-2)9-5-17;1-16-13-22(31-30-16)27-21-15-23(32-11-4-12-32)29-25(28-21)35-20-9-7-18(8-10-20)26-24(33)17-5-3-6-19(14-17)34-2;;;;;;;;/h7-12,16-17H,3-6,13-14H2,1-2H3,(H,26,33)(H2,27,28,29,30,31);4-11,14-15H,3,12-13H2,1-2H3,(H,26,33)(H2,27,28,29,30,31);3,5-10,13-15H,4,11-12H2,1-2H3,(H,26,33)(H2,27,28,29,30,31);8*1H. The molecular formula is C75H95N21O6S3. The van der Waals surface area contributed by atoms with E-state index >= 15 is 0 Å². The zero-order chi connectivity index (χ0) is 72.4. The second-order valence-electron chi connectivity index (χ2n) is 26.0. The first-order valence-corrected chi connectivity index (χ1v) is 37.0. The molecule has 3 aliphatic heterocycles. The molecule has 6 aromatic heterocycles. The van der Waals surface area contributed by atoms with Gasteiger partial charge in [-0.1, -0.05) is 6.07 Å². The molecule has 5 aliphatic rings. The summed E-state index contributed by atoms with van der Waals surface area (Å²) in [6, 6.07) is 48.8. The van der Waals surface area contributed by atoms with Crippen LogP contribution >= 0.6 is 35.3 Å². The molecule has 3 saturated heterocycles. The van der Waals surface area contributed by atoms with E-state index in [4.69, 9.17) is 34.1 Å². The molecule has 11 aromatic rings. The summed E-state index contributed by atoms with van der Waals surface area (Å²) in [4.78, 5) is 75.2. The summed E-state index contributed by atoms with van der Waals surface area (Å²) < 4.78 is 16.3. The van der Waals surface area contributed by atoms with Gasteiger partial charge < -0.3 is 60.8 Å². The number of benzene rings is 5. The number of aromatic nitrogens is 12. The zero-order valence-corrected chi connectivity index (χ0v) is 61.1. The number of nitrogens with one attached hydrogen (secondary N) is 9. The summed E-state index contributed by atoms with van der Waals surface area (Å²) in [7, 11) is 4.99. The minimum Gasteiger partial charge on any atom is -0.497 e. The fourth-order valence-electron chi connectivity index (χ4n) is 11.5. The number of anilines is 12. The van der Waals surface area contributed by atoms with Crippen LogP contribution in [-0.4, -0.2) is 144 Å². The Kier molecular flexibility index (Phi) is 21.7. The Balaban J connectivity index is 0.000000255. The minimum absolute atomic E-state index is 0. The number of amides is 3. The lowest BCUT2D eigenvalue weighted by atomic mass is 9.88. The van der Waals surface area contributed by atoms with Crippen molar-refractivity contribution in [1.29, 1.82) is 0 Å². The lowest BCUT2D eigenvalue weighted by Crippen LogP contribution is -2.64. The second kappa shape index (κ2) is 32.2. The van der Waals surface area contributed by atoms with E-state index in [0.29, 0.717) is 90.3 Å². The number of H-pyrrole nitrogens is 3. The van der Waals surface area contributed by atoms with E-state index in [2.05, 4.69) is 87.2 Å². The van der Waals surface area contributed by atoms with E-state index < -0.39 is 0 Å². The first-order valence-electron chi connectivity index (χ1n) is 34.5. The number of aromatic amines is 3. The van der Waals surface area contributed by atoms with Crippen molar-refractivity contribution in [3.05, 3.63) is 186 Å². The van der Waals surface area contributed by atoms with Gasteiger partial charge in [0.1, 0.15) is 52.0 Å². The van der Waals surface area contributed by atoms with E-state index in [1.165, 1.54) is 48.1 Å². The smallest absolute Gasteiger partial charge is 0.255 e. The van der Waals surface area contributed by atoms with Crippen molar-refractivity contribution in [2.75, 3.05) is 107 Å². The van der Waals surface area contributed by atoms with Gasteiger partial charge in [-0.25, -0.2) is 29.9 Å². The third-order valence-electron chi connectivity index (χ3n) is 17.9. The van der Waals surface area contributed by atoms with Crippen LogP contribution in [0.5, 0.6) is 11.5 Å². The Hall–Kier alpha value is -11.2. The number of carbonyl (C=O) groups excluding carboxylic acids is 3. The normalized spacial score (nSPS) is 14.7. The van der Waals surface area contributed by atoms with Crippen molar-refractivity contribution in [3.63, 3.8) is 0 Å². The molecular weight excluding hydrogens is 1390 g/mol. The van der Waals surface area contributed by atoms with Gasteiger partial charge in [0.25, 0.3) is 11.8 Å². The number of hydrogen-bond donors (Lipinski definition) is 9. The van der Waals surface area contributed by atoms with Crippen molar-refractivity contribution in [2.24, 2.45) is 11.8 Å². The average Bonchev–Trinajstić information content (AvgIpc) is 1.64. The molecule has 0 atom stereocenters. The number of aryl methyl sites for hydroxylation is 3. The molecule has 9 heterocycles. The Morgan fingerprint density at radius 2 is 0.857 bits per heavy atom. The fraction of sp³-hybridized carbons (Fsp3) is 0.280. The van der Waals surface area contributed by atoms with Crippen molar-refractivity contribution < 1.29 is 40.0 Å². The van der Waals surface area contributed by atoms with Gasteiger partial charge in [0, 0.05) is 147 Å². The van der Waals surface area contributed by atoms with Gasteiger partial charge in [-0.3, -0.25) is 29.7 Å². The monoisotopic (exact) mass is 1480 g/mol. The highest BCUT2D eigenvalue weighted by Crippen LogP contribution is 2.48. The molecule has 5 aromatic carbocycles. The lowest BCUT2D eigenvalue weighted by molar-refractivity contribution is -0.117. The Morgan fingerprint density at radius 1 is 0.448 bits per heavy atom. The average molecular weight is 1480 g/mol. The molecule has 2 saturated carbocycles. The van der Waals surface area contributed by atoms with Crippen molar-refractivity contribution in [3.8, 4) is 11.5 Å². The van der Waals surface area contributed by atoms with E-state index in [1.807, 2.05) is 137 Å². The summed E-state index contributed by atoms with van der Waals surface area (Å²) in [5, 5.41) is 42.1. The van der Waals surface area contributed by atoms with Crippen LogP contribution in [0.25, 0.3) is 0 Å². The maximum Gasteiger partial charge on any atom is 0.255 e. The number of ether oxygens (including phenoxy) is 3. The van der Waals surface area contributed by atoms with E-state index in [9.17, 15) is 14.4 Å². The van der Waals surface area contributed by atoms with Gasteiger partial charge in [-0.2, -0.15) is 15.3 Å². The first-order chi connectivity index (χ1) is 51.1. The van der Waals surface area contributed by atoms with Crippen LogP contribution in [0.1, 0.15) is 87.7 Å². The van der Waals surface area contributed by atoms with Crippen molar-refractivity contribution in [1.82, 2.24) is 60.5 Å². The summed E-state index contributed by atoms with van der Waals surface area (Å²) in [6.45, 7) is 11.5. The summed E-state index contributed by atoms with van der Waals surface area (Å²) in [5.74, 6) is 8.81. The zero-order valence-electron chi connectivity index (χ0n) is 58.7. The topological polar surface area (TPSA) is 324 Å². The SMILES string of the molecule is COC1(C2CC2)CN(c2cc(Nc3cc(C)[nH]n3)nc(Sc3ccc(NC(=O)C4CC4)cc3)n2)C1.COc1ccc(C(=O)Nc2ccc(Sc3nc(Nc4cc(C)[nH]n4)cc(N4CCC4)n3)cc2)cc1.COc1cccc(C(=O)Nc2ccc(Sc3nc(Nc4cc(C)[nH]n4)cc(N4CCC4)n3)cc2)c1.[HH].[HH].[HH].[HH].[HH].[HH].[HH].[HH]. The highest BCUT2D eigenvalue weighted by atomic mass is 32.2. The van der Waals surface area contributed by atoms with Gasteiger partial charge in [-0.05, 0) is 216 Å². The van der Waals surface area contributed by atoms with Crippen LogP contribution in [0.15, 0.2) is 188 Å². The molecule has 0 radical (unpaired) electrons. The highest BCUT2D eigenvalue weighted by molar-refractivity contribution is 7.99. The maximum atomic E-state index is 12.6. The van der Waals surface area contributed by atoms with Crippen LogP contribution in [0.3, 0.4) is 0 Å². The van der Waals surface area contributed by atoms with Gasteiger partial charge in [0.05, 0.1) is 27.3 Å². The molecule has 27 nitrogen and oxygen atoms in total. The highest BCUT2D eigenvalue weighted by Gasteiger charge is 2.54. The first kappa shape index (κ1) is 70.8. The molecule has 2 aliphatic carbocycles. The van der Waals surface area contributed by atoms with Crippen LogP contribution < -0.4 is 56.1 Å². The number of rotatable bonds is 25. The molecule has 5 fully saturated rings. The van der Waals surface area contributed by atoms with Crippen molar-refractivity contribution >= 4 is 122 Å². The van der Waals surface area contributed by atoms with Gasteiger partial charge in [-0.15, -0.1) is 0 Å². The molecule has 9 N–H and O–H groups in total. The second-order valence-corrected chi connectivity index (χ2v) is 29.1. The summed E-state index contributed by atoms with van der Waals surface area (Å²) >= 11 is 4.43. The lowest BCUT2D eigenvalue weighted by Gasteiger charge is -2.50. The number of carbonyl (C=O) groups is 3. The predicted molar refractivity (Wildman–Crippen MR) is 426 cm³/mol.